The standard InChI is InChI=1S/C7H11N3O2S/c1-10(2)6-3-4-9-5-7(6)13(8,11)12/h3-5H,1-2H3,(H2,8,11,12). The van der Waals surface area contributed by atoms with Crippen LogP contribution in [0, 0.1) is 0 Å². The Morgan fingerprint density at radius 2 is 2.08 bits per heavy atom. The molecule has 6 heteroatoms. The van der Waals surface area contributed by atoms with Crippen LogP contribution in [0.4, 0.5) is 5.69 Å². The molecular formula is C7H11N3O2S. The van der Waals surface area contributed by atoms with Gasteiger partial charge in [0.2, 0.25) is 10.0 Å². The summed E-state index contributed by atoms with van der Waals surface area (Å²) in [5.41, 5.74) is 0.539. The highest BCUT2D eigenvalue weighted by atomic mass is 32.2. The highest BCUT2D eigenvalue weighted by molar-refractivity contribution is 7.89. The summed E-state index contributed by atoms with van der Waals surface area (Å²) >= 11 is 0. The second kappa shape index (κ2) is 3.31. The van der Waals surface area contributed by atoms with Crippen molar-refractivity contribution in [3.05, 3.63) is 18.5 Å². The van der Waals surface area contributed by atoms with Gasteiger partial charge in [0.25, 0.3) is 0 Å². The highest BCUT2D eigenvalue weighted by Gasteiger charge is 2.14. The van der Waals surface area contributed by atoms with E-state index in [1.54, 1.807) is 25.1 Å². The van der Waals surface area contributed by atoms with Crippen molar-refractivity contribution in [2.75, 3.05) is 19.0 Å². The molecule has 0 unspecified atom stereocenters. The minimum absolute atomic E-state index is 0.0417. The Labute approximate surface area is 77.2 Å². The molecule has 0 saturated heterocycles. The van der Waals surface area contributed by atoms with E-state index in [0.717, 1.165) is 0 Å². The maximum atomic E-state index is 11.1. The summed E-state index contributed by atoms with van der Waals surface area (Å²) in [6.45, 7) is 0. The predicted molar refractivity (Wildman–Crippen MR) is 49.9 cm³/mol. The molecule has 5 nitrogen and oxygen atoms in total. The predicted octanol–water partition coefficient (Wildman–Crippen LogP) is -0.205. The largest absolute Gasteiger partial charge is 0.376 e. The number of hydrogen-bond acceptors (Lipinski definition) is 4. The minimum atomic E-state index is -3.68. The third-order valence-electron chi connectivity index (χ3n) is 1.55. The molecule has 1 aromatic heterocycles. The molecule has 0 atom stereocenters. The Morgan fingerprint density at radius 1 is 1.46 bits per heavy atom. The normalized spacial score (nSPS) is 11.3. The fourth-order valence-corrected chi connectivity index (χ4v) is 1.71. The molecule has 0 amide bonds. The molecule has 0 radical (unpaired) electrons. The van der Waals surface area contributed by atoms with E-state index in [1.807, 2.05) is 0 Å². The van der Waals surface area contributed by atoms with Crippen molar-refractivity contribution < 1.29 is 8.42 Å². The van der Waals surface area contributed by atoms with Gasteiger partial charge in [-0.1, -0.05) is 0 Å². The number of aromatic nitrogens is 1. The summed E-state index contributed by atoms with van der Waals surface area (Å²) in [5.74, 6) is 0. The number of hydrogen-bond donors (Lipinski definition) is 1. The van der Waals surface area contributed by atoms with Crippen LogP contribution in [0.2, 0.25) is 0 Å². The van der Waals surface area contributed by atoms with Crippen LogP contribution < -0.4 is 10.0 Å². The Hall–Kier alpha value is -1.14. The van der Waals surface area contributed by atoms with Crippen LogP contribution in [0.1, 0.15) is 0 Å². The Balaban J connectivity index is 3.37. The van der Waals surface area contributed by atoms with E-state index < -0.39 is 10.0 Å². The van der Waals surface area contributed by atoms with Crippen molar-refractivity contribution in [2.24, 2.45) is 5.14 Å². The van der Waals surface area contributed by atoms with Crippen LogP contribution in [0.25, 0.3) is 0 Å². The maximum Gasteiger partial charge on any atom is 0.241 e. The van der Waals surface area contributed by atoms with Crippen LogP contribution in [-0.4, -0.2) is 27.5 Å². The van der Waals surface area contributed by atoms with Gasteiger partial charge in [0.05, 0.1) is 5.69 Å². The second-order valence-electron chi connectivity index (χ2n) is 2.78. The van der Waals surface area contributed by atoms with Gasteiger partial charge in [-0.05, 0) is 6.07 Å². The lowest BCUT2D eigenvalue weighted by Gasteiger charge is -2.14. The second-order valence-corrected chi connectivity index (χ2v) is 4.31. The molecule has 0 saturated carbocycles. The monoisotopic (exact) mass is 201 g/mol. The first kappa shape index (κ1) is 9.94. The molecular weight excluding hydrogens is 190 g/mol. The van der Waals surface area contributed by atoms with Crippen molar-refractivity contribution in [3.8, 4) is 0 Å². The SMILES string of the molecule is CN(C)c1ccncc1S(N)(=O)=O. The van der Waals surface area contributed by atoms with Crippen molar-refractivity contribution in [3.63, 3.8) is 0 Å². The van der Waals surface area contributed by atoms with Crippen molar-refractivity contribution >= 4 is 15.7 Å². The Kier molecular flexibility index (Phi) is 2.53. The number of rotatable bonds is 2. The van der Waals surface area contributed by atoms with Crippen molar-refractivity contribution in [2.45, 2.75) is 4.90 Å². The highest BCUT2D eigenvalue weighted by Crippen LogP contribution is 2.19. The summed E-state index contributed by atoms with van der Waals surface area (Å²) < 4.78 is 22.1. The lowest BCUT2D eigenvalue weighted by Crippen LogP contribution is -2.18. The fourth-order valence-electron chi connectivity index (χ4n) is 0.961. The lowest BCUT2D eigenvalue weighted by atomic mass is 10.4. The lowest BCUT2D eigenvalue weighted by molar-refractivity contribution is 0.597. The number of anilines is 1. The van der Waals surface area contributed by atoms with Gasteiger partial charge in [0.1, 0.15) is 4.90 Å². The molecule has 1 heterocycles. The molecule has 1 aromatic rings. The van der Waals surface area contributed by atoms with Gasteiger partial charge >= 0.3 is 0 Å². The van der Waals surface area contributed by atoms with Crippen LogP contribution in [0.3, 0.4) is 0 Å². The summed E-state index contributed by atoms with van der Waals surface area (Å²) in [6, 6.07) is 1.60. The quantitative estimate of drug-likeness (QED) is 0.718. The van der Waals surface area contributed by atoms with Gasteiger partial charge in [-0.3, -0.25) is 4.98 Å². The molecule has 0 spiro atoms. The van der Waals surface area contributed by atoms with E-state index in [4.69, 9.17) is 5.14 Å². The third kappa shape index (κ3) is 2.16. The molecule has 1 rings (SSSR count). The minimum Gasteiger partial charge on any atom is -0.376 e. The summed E-state index contributed by atoms with van der Waals surface area (Å²) in [4.78, 5) is 5.42. The van der Waals surface area contributed by atoms with Gasteiger partial charge in [0.15, 0.2) is 0 Å². The number of pyridine rings is 1. The van der Waals surface area contributed by atoms with Crippen molar-refractivity contribution in [1.29, 1.82) is 0 Å². The molecule has 72 valence electrons. The first-order valence-corrected chi connectivity index (χ1v) is 5.11. The first-order chi connectivity index (χ1) is 5.93. The molecule has 0 aliphatic carbocycles. The summed E-state index contributed by atoms with van der Waals surface area (Å²) in [5, 5.41) is 5.00. The summed E-state index contributed by atoms with van der Waals surface area (Å²) in [6.07, 6.45) is 2.76. The van der Waals surface area contributed by atoms with Gasteiger partial charge < -0.3 is 4.90 Å². The maximum absolute atomic E-state index is 11.1. The zero-order valence-electron chi connectivity index (χ0n) is 7.43. The van der Waals surface area contributed by atoms with Crippen LogP contribution in [0.5, 0.6) is 0 Å². The molecule has 0 aliphatic heterocycles. The topological polar surface area (TPSA) is 76.3 Å². The number of primary sulfonamides is 1. The molecule has 0 aromatic carbocycles. The zero-order valence-corrected chi connectivity index (χ0v) is 8.25. The fraction of sp³-hybridized carbons (Fsp3) is 0.286. The van der Waals surface area contributed by atoms with Gasteiger partial charge in [-0.2, -0.15) is 0 Å². The smallest absolute Gasteiger partial charge is 0.241 e. The van der Waals surface area contributed by atoms with E-state index in [-0.39, 0.29) is 4.90 Å². The van der Waals surface area contributed by atoms with Gasteiger partial charge in [0, 0.05) is 26.5 Å². The molecule has 13 heavy (non-hydrogen) atoms. The van der Waals surface area contributed by atoms with E-state index in [1.165, 1.54) is 12.4 Å². The number of nitrogens with zero attached hydrogens (tertiary/aromatic N) is 2. The Morgan fingerprint density at radius 3 is 2.46 bits per heavy atom. The third-order valence-corrected chi connectivity index (χ3v) is 2.48. The van der Waals surface area contributed by atoms with E-state index in [9.17, 15) is 8.42 Å². The zero-order chi connectivity index (χ0) is 10.1. The average Bonchev–Trinajstić information content (AvgIpc) is 2.03. The molecule has 0 fully saturated rings. The van der Waals surface area contributed by atoms with Crippen LogP contribution >= 0.6 is 0 Å². The Bertz CT molecular complexity index is 400. The van der Waals surface area contributed by atoms with E-state index in [2.05, 4.69) is 4.98 Å². The van der Waals surface area contributed by atoms with E-state index >= 15 is 0 Å². The van der Waals surface area contributed by atoms with Crippen LogP contribution in [-0.2, 0) is 10.0 Å². The molecule has 0 aliphatic rings. The molecule has 0 bridgehead atoms. The molecule has 2 N–H and O–H groups in total. The van der Waals surface area contributed by atoms with Gasteiger partial charge in [-0.15, -0.1) is 0 Å². The number of sulfonamides is 1. The van der Waals surface area contributed by atoms with Crippen molar-refractivity contribution in [1.82, 2.24) is 4.98 Å². The van der Waals surface area contributed by atoms with Gasteiger partial charge in [-0.25, -0.2) is 13.6 Å². The first-order valence-electron chi connectivity index (χ1n) is 3.57. The average molecular weight is 201 g/mol. The number of nitrogens with two attached hydrogens (primary N) is 1. The van der Waals surface area contributed by atoms with E-state index in [0.29, 0.717) is 5.69 Å². The summed E-state index contributed by atoms with van der Waals surface area (Å²) in [7, 11) is -0.202. The van der Waals surface area contributed by atoms with Crippen LogP contribution in [0.15, 0.2) is 23.4 Å².